The fourth-order valence-electron chi connectivity index (χ4n) is 2.84. The van der Waals surface area contributed by atoms with Crippen molar-refractivity contribution < 1.29 is 17.9 Å². The van der Waals surface area contributed by atoms with Gasteiger partial charge in [0.05, 0.1) is 9.92 Å². The molecule has 0 bridgehead atoms. The van der Waals surface area contributed by atoms with E-state index in [4.69, 9.17) is 16.3 Å². The van der Waals surface area contributed by atoms with Crippen LogP contribution in [-0.2, 0) is 14.8 Å². The highest BCUT2D eigenvalue weighted by atomic mass is 35.5. The lowest BCUT2D eigenvalue weighted by molar-refractivity contribution is -0.123. The Labute approximate surface area is 177 Å². The lowest BCUT2D eigenvalue weighted by Crippen LogP contribution is -2.36. The van der Waals surface area contributed by atoms with E-state index in [9.17, 15) is 13.2 Å². The summed E-state index contributed by atoms with van der Waals surface area (Å²) in [4.78, 5) is 11.9. The molecule has 0 saturated heterocycles. The molecule has 0 fully saturated rings. The second kappa shape index (κ2) is 10.6. The van der Waals surface area contributed by atoms with Crippen LogP contribution in [0.2, 0.25) is 5.02 Å². The molecule has 0 aromatic heterocycles. The molecule has 0 aliphatic carbocycles. The molecular weight excluding hydrogens is 412 g/mol. The molecule has 0 radical (unpaired) electrons. The maximum atomic E-state index is 12.7. The van der Waals surface area contributed by atoms with Crippen molar-refractivity contribution in [1.29, 1.82) is 0 Å². The summed E-state index contributed by atoms with van der Waals surface area (Å²) in [6.45, 7) is 5.55. The molecule has 6 nitrogen and oxygen atoms in total. The first kappa shape index (κ1) is 23.2. The van der Waals surface area contributed by atoms with Crippen LogP contribution in [0.5, 0.6) is 5.75 Å². The molecule has 2 N–H and O–H groups in total. The number of rotatable bonds is 10. The molecule has 0 spiro atoms. The zero-order valence-corrected chi connectivity index (χ0v) is 18.4. The van der Waals surface area contributed by atoms with Crippen LogP contribution in [0.3, 0.4) is 0 Å². The van der Waals surface area contributed by atoms with Crippen LogP contribution in [0, 0.1) is 0 Å². The standard InChI is InChI=1S/C21H27ClN2O4S/c1-4-8-15(2)23-21(25)14-28-20-12-11-18(13-19(20)22)29(26,27)24-16(3)17-9-6-5-7-10-17/h5-7,9-13,15-16,24H,4,8,14H2,1-3H3,(H,23,25)/t15-,16-/m0/s1. The summed E-state index contributed by atoms with van der Waals surface area (Å²) in [6.07, 6.45) is 1.86. The normalized spacial score (nSPS) is 13.5. The van der Waals surface area contributed by atoms with Gasteiger partial charge in [0.2, 0.25) is 10.0 Å². The molecule has 1 amide bonds. The smallest absolute Gasteiger partial charge is 0.258 e. The fraction of sp³-hybridized carbons (Fsp3) is 0.381. The Bertz CT molecular complexity index is 920. The first-order valence-corrected chi connectivity index (χ1v) is 11.4. The Morgan fingerprint density at radius 1 is 1.14 bits per heavy atom. The van der Waals surface area contributed by atoms with Crippen molar-refractivity contribution in [3.8, 4) is 5.75 Å². The van der Waals surface area contributed by atoms with E-state index in [1.54, 1.807) is 6.92 Å². The average Bonchev–Trinajstić information content (AvgIpc) is 2.67. The number of carbonyl (C=O) groups is 1. The lowest BCUT2D eigenvalue weighted by atomic mass is 10.1. The SMILES string of the molecule is CCC[C@H](C)NC(=O)COc1ccc(S(=O)(=O)N[C@@H](C)c2ccccc2)cc1Cl. The third-order valence-corrected chi connectivity index (χ3v) is 6.17. The minimum atomic E-state index is -3.77. The van der Waals surface area contributed by atoms with Gasteiger partial charge in [-0.25, -0.2) is 13.1 Å². The Morgan fingerprint density at radius 2 is 1.83 bits per heavy atom. The van der Waals surface area contributed by atoms with Crippen LogP contribution >= 0.6 is 11.6 Å². The average molecular weight is 439 g/mol. The predicted octanol–water partition coefficient (Wildman–Crippen LogP) is 4.06. The van der Waals surface area contributed by atoms with E-state index in [1.165, 1.54) is 18.2 Å². The van der Waals surface area contributed by atoms with Crippen LogP contribution < -0.4 is 14.8 Å². The maximum absolute atomic E-state index is 12.7. The molecule has 0 aliphatic rings. The number of sulfonamides is 1. The topological polar surface area (TPSA) is 84.5 Å². The van der Waals surface area contributed by atoms with Gasteiger partial charge in [0.15, 0.2) is 6.61 Å². The van der Waals surface area contributed by atoms with Crippen molar-refractivity contribution in [2.24, 2.45) is 0 Å². The van der Waals surface area contributed by atoms with Gasteiger partial charge in [-0.1, -0.05) is 55.3 Å². The molecule has 8 heteroatoms. The number of amides is 1. The largest absolute Gasteiger partial charge is 0.482 e. The summed E-state index contributed by atoms with van der Waals surface area (Å²) >= 11 is 6.18. The van der Waals surface area contributed by atoms with Gasteiger partial charge in [-0.3, -0.25) is 4.79 Å². The van der Waals surface area contributed by atoms with Gasteiger partial charge in [0, 0.05) is 12.1 Å². The van der Waals surface area contributed by atoms with Gasteiger partial charge in [-0.05, 0) is 44.0 Å². The van der Waals surface area contributed by atoms with Gasteiger partial charge >= 0.3 is 0 Å². The molecule has 0 saturated carbocycles. The van der Waals surface area contributed by atoms with E-state index in [2.05, 4.69) is 10.0 Å². The van der Waals surface area contributed by atoms with Crippen molar-refractivity contribution in [1.82, 2.24) is 10.0 Å². The summed E-state index contributed by atoms with van der Waals surface area (Å²) < 4.78 is 33.4. The Balaban J connectivity index is 2.01. The van der Waals surface area contributed by atoms with Crippen molar-refractivity contribution in [2.45, 2.75) is 50.6 Å². The lowest BCUT2D eigenvalue weighted by Gasteiger charge is -2.16. The van der Waals surface area contributed by atoms with Gasteiger partial charge in [-0.2, -0.15) is 0 Å². The second-order valence-corrected chi connectivity index (χ2v) is 9.01. The third kappa shape index (κ3) is 7.03. The number of carbonyl (C=O) groups excluding carboxylic acids is 1. The van der Waals surface area contributed by atoms with Gasteiger partial charge < -0.3 is 10.1 Å². The summed E-state index contributed by atoms with van der Waals surface area (Å²) in [5, 5.41) is 2.95. The Kier molecular flexibility index (Phi) is 8.49. The molecule has 2 rings (SSSR count). The molecule has 2 aromatic carbocycles. The van der Waals surface area contributed by atoms with E-state index >= 15 is 0 Å². The molecule has 0 heterocycles. The highest BCUT2D eigenvalue weighted by molar-refractivity contribution is 7.89. The third-order valence-electron chi connectivity index (χ3n) is 4.33. The van der Waals surface area contributed by atoms with Crippen molar-refractivity contribution in [3.05, 3.63) is 59.1 Å². The Morgan fingerprint density at radius 3 is 2.45 bits per heavy atom. The maximum Gasteiger partial charge on any atom is 0.258 e. The summed E-state index contributed by atoms with van der Waals surface area (Å²) in [7, 11) is -3.77. The van der Waals surface area contributed by atoms with Crippen LogP contribution in [0.1, 0.15) is 45.2 Å². The highest BCUT2D eigenvalue weighted by Gasteiger charge is 2.20. The number of nitrogens with one attached hydrogen (secondary N) is 2. The number of hydrogen-bond donors (Lipinski definition) is 2. The quantitative estimate of drug-likeness (QED) is 0.585. The fourth-order valence-corrected chi connectivity index (χ4v) is 4.40. The molecular formula is C21H27ClN2O4S. The number of ether oxygens (including phenoxy) is 1. The van der Waals surface area contributed by atoms with Gasteiger partial charge in [-0.15, -0.1) is 0 Å². The van der Waals surface area contributed by atoms with Gasteiger partial charge in [0.1, 0.15) is 5.75 Å². The minimum absolute atomic E-state index is 0.0265. The second-order valence-electron chi connectivity index (χ2n) is 6.89. The van der Waals surface area contributed by atoms with Crippen LogP contribution in [0.4, 0.5) is 0 Å². The predicted molar refractivity (Wildman–Crippen MR) is 115 cm³/mol. The number of benzene rings is 2. The molecule has 2 atom stereocenters. The number of hydrogen-bond acceptors (Lipinski definition) is 4. The van der Waals surface area contributed by atoms with E-state index < -0.39 is 16.1 Å². The van der Waals surface area contributed by atoms with E-state index in [0.29, 0.717) is 0 Å². The zero-order valence-electron chi connectivity index (χ0n) is 16.8. The summed E-state index contributed by atoms with van der Waals surface area (Å²) in [5.74, 6) is -0.00270. The van der Waals surface area contributed by atoms with Crippen molar-refractivity contribution in [2.75, 3.05) is 6.61 Å². The monoisotopic (exact) mass is 438 g/mol. The Hall–Kier alpha value is -2.09. The summed E-state index contributed by atoms with van der Waals surface area (Å²) in [6, 6.07) is 13.1. The van der Waals surface area contributed by atoms with Crippen LogP contribution in [0.15, 0.2) is 53.4 Å². The minimum Gasteiger partial charge on any atom is -0.482 e. The molecule has 0 unspecified atom stereocenters. The van der Waals surface area contributed by atoms with Crippen LogP contribution in [0.25, 0.3) is 0 Å². The summed E-state index contributed by atoms with van der Waals surface area (Å²) in [5.41, 5.74) is 0.852. The first-order chi connectivity index (χ1) is 13.7. The first-order valence-electron chi connectivity index (χ1n) is 9.52. The van der Waals surface area contributed by atoms with E-state index in [1.807, 2.05) is 44.2 Å². The van der Waals surface area contributed by atoms with Crippen molar-refractivity contribution >= 4 is 27.5 Å². The zero-order chi connectivity index (χ0) is 21.4. The molecule has 29 heavy (non-hydrogen) atoms. The highest BCUT2D eigenvalue weighted by Crippen LogP contribution is 2.28. The molecule has 0 aliphatic heterocycles. The number of halogens is 1. The van der Waals surface area contributed by atoms with E-state index in [0.717, 1.165) is 18.4 Å². The van der Waals surface area contributed by atoms with E-state index in [-0.39, 0.29) is 34.2 Å². The van der Waals surface area contributed by atoms with Gasteiger partial charge in [0.25, 0.3) is 5.91 Å². The molecule has 158 valence electrons. The van der Waals surface area contributed by atoms with Crippen LogP contribution in [-0.4, -0.2) is 27.0 Å². The van der Waals surface area contributed by atoms with Crippen molar-refractivity contribution in [3.63, 3.8) is 0 Å². The molecule has 2 aromatic rings.